The zero-order chi connectivity index (χ0) is 30.8. The van der Waals surface area contributed by atoms with Gasteiger partial charge >= 0.3 is 29.9 Å². The molecule has 8 bridgehead atoms. The molecule has 3 aromatic rings. The van der Waals surface area contributed by atoms with Crippen molar-refractivity contribution in [2.24, 2.45) is 0 Å². The summed E-state index contributed by atoms with van der Waals surface area (Å²) in [4.78, 5) is 31.8. The van der Waals surface area contributed by atoms with Crippen LogP contribution >= 0.6 is 0 Å². The minimum Gasteiger partial charge on any atom is -0.463 e. The maximum absolute atomic E-state index is 13.6. The molecular weight excluding hydrogens is 651 g/mol. The minimum atomic E-state index is -0.563. The second kappa shape index (κ2) is 12.0. The molecule has 7 heteroatoms. The van der Waals surface area contributed by atoms with Gasteiger partial charge in [-0.15, -0.1) is 0 Å². The van der Waals surface area contributed by atoms with Gasteiger partial charge in [0.25, 0.3) is 0 Å². The van der Waals surface area contributed by atoms with E-state index in [9.17, 15) is 4.79 Å². The number of nitrogens with one attached hydrogen (secondary N) is 2. The van der Waals surface area contributed by atoms with Crippen LogP contribution in [0.15, 0.2) is 23.8 Å². The standard InChI is InChI=1S/C37H44N4O2.Sn/c1-10-23-19(6)29-17-33-25(12-3)21(8)34(40-33)26-15-27(36(42)43-14-5)37(13-4)22(9)30(41-35(26)37)18-32-24(11-2)20(7)28(39-32)16-31(23)38-29;/h15-18,22,38-39H,10-14H2,1-9H3;/q;+4. The SMILES string of the molecule is CCOC(=O)C1=Cc2c3nc(cc4[nH]c(cc5[nH]c(cc6nc2C1(CC)C6C)c(CC)c5C)c(CC)c4C)C(CC)=C3C.[Sn+4]. The Kier molecular flexibility index (Phi) is 8.80. The van der Waals surface area contributed by atoms with Gasteiger partial charge in [-0.25, -0.2) is 9.78 Å². The van der Waals surface area contributed by atoms with E-state index in [4.69, 9.17) is 14.7 Å². The molecule has 0 fully saturated rings. The Hall–Kier alpha value is -3.13. The van der Waals surface area contributed by atoms with Crippen LogP contribution in [0.2, 0.25) is 0 Å². The van der Waals surface area contributed by atoms with E-state index in [1.54, 1.807) is 0 Å². The van der Waals surface area contributed by atoms with E-state index in [1.807, 2.05) is 13.0 Å². The van der Waals surface area contributed by atoms with Crippen molar-refractivity contribution in [1.29, 1.82) is 0 Å². The summed E-state index contributed by atoms with van der Waals surface area (Å²) in [5.74, 6) is -0.270. The van der Waals surface area contributed by atoms with Crippen LogP contribution in [-0.2, 0) is 27.8 Å². The van der Waals surface area contributed by atoms with E-state index >= 15 is 0 Å². The fourth-order valence-electron chi connectivity index (χ4n) is 7.91. The zero-order valence-corrected chi connectivity index (χ0v) is 30.5. The van der Waals surface area contributed by atoms with Crippen LogP contribution in [0.1, 0.15) is 118 Å². The number of aromatic amines is 2. The van der Waals surface area contributed by atoms with Crippen molar-refractivity contribution < 1.29 is 9.53 Å². The molecule has 0 radical (unpaired) electrons. The minimum absolute atomic E-state index is 0. The fourth-order valence-corrected chi connectivity index (χ4v) is 7.91. The number of carbonyl (C=O) groups excluding carboxylic acids is 1. The third-order valence-electron chi connectivity index (χ3n) is 10.4. The first kappa shape index (κ1) is 32.3. The number of allylic oxidation sites excluding steroid dienone is 2. The molecule has 3 aromatic heterocycles. The molecule has 0 saturated heterocycles. The van der Waals surface area contributed by atoms with Crippen molar-refractivity contribution >= 4 is 69.2 Å². The largest absolute Gasteiger partial charge is 4.00 e. The van der Waals surface area contributed by atoms with Gasteiger partial charge in [-0.1, -0.05) is 34.6 Å². The monoisotopic (exact) mass is 696 g/mol. The van der Waals surface area contributed by atoms with E-state index in [-0.39, 0.29) is 35.8 Å². The molecule has 224 valence electrons. The molecule has 2 N–H and O–H groups in total. The molecule has 44 heavy (non-hydrogen) atoms. The molecule has 0 saturated carbocycles. The number of fused-ring (bicyclic) bond motifs is 8. The Labute approximate surface area is 277 Å². The first-order valence-corrected chi connectivity index (χ1v) is 16.0. The van der Waals surface area contributed by atoms with Crippen molar-refractivity contribution in [3.8, 4) is 0 Å². The first-order chi connectivity index (χ1) is 20.6. The maximum Gasteiger partial charge on any atom is 4.00 e. The predicted molar refractivity (Wildman–Crippen MR) is 183 cm³/mol. The van der Waals surface area contributed by atoms with Crippen molar-refractivity contribution in [2.75, 3.05) is 6.61 Å². The summed E-state index contributed by atoms with van der Waals surface area (Å²) in [5.41, 5.74) is 16.8. The molecule has 6 nitrogen and oxygen atoms in total. The van der Waals surface area contributed by atoms with E-state index in [2.05, 4.69) is 83.6 Å². The number of hydrogen-bond donors (Lipinski definition) is 2. The number of ether oxygens (including phenoxy) is 1. The number of rotatable bonds is 6. The second-order valence-corrected chi connectivity index (χ2v) is 12.2. The molecule has 1 aliphatic carbocycles. The second-order valence-electron chi connectivity index (χ2n) is 12.2. The molecule has 0 amide bonds. The Morgan fingerprint density at radius 3 is 2.05 bits per heavy atom. The molecule has 0 spiro atoms. The summed E-state index contributed by atoms with van der Waals surface area (Å²) in [5, 5.41) is 0. The molecule has 5 heterocycles. The summed E-state index contributed by atoms with van der Waals surface area (Å²) < 4.78 is 5.66. The average Bonchev–Trinajstić information content (AvgIpc) is 3.72. The Morgan fingerprint density at radius 2 is 1.48 bits per heavy atom. The summed E-state index contributed by atoms with van der Waals surface area (Å²) in [6, 6.07) is 6.69. The van der Waals surface area contributed by atoms with E-state index < -0.39 is 5.41 Å². The van der Waals surface area contributed by atoms with Gasteiger partial charge < -0.3 is 14.7 Å². The molecule has 0 aromatic carbocycles. The van der Waals surface area contributed by atoms with Gasteiger partial charge in [0.2, 0.25) is 0 Å². The molecule has 2 unspecified atom stereocenters. The van der Waals surface area contributed by atoms with Crippen molar-refractivity contribution in [3.63, 3.8) is 0 Å². The van der Waals surface area contributed by atoms with Crippen LogP contribution in [0.3, 0.4) is 0 Å². The topological polar surface area (TPSA) is 83.7 Å². The number of esters is 1. The predicted octanol–water partition coefficient (Wildman–Crippen LogP) is 8.43. The van der Waals surface area contributed by atoms with Gasteiger partial charge in [-0.2, -0.15) is 0 Å². The van der Waals surface area contributed by atoms with Crippen LogP contribution < -0.4 is 0 Å². The number of nitrogens with zero attached hydrogens (tertiary/aromatic N) is 2. The van der Waals surface area contributed by atoms with Crippen LogP contribution in [0.25, 0.3) is 39.3 Å². The Bertz CT molecular complexity index is 1910. The maximum atomic E-state index is 13.6. The molecular formula is C37H44N4O2Sn+4. The summed E-state index contributed by atoms with van der Waals surface area (Å²) in [6.07, 6.45) is 5.48. The molecule has 3 aliphatic rings. The van der Waals surface area contributed by atoms with Gasteiger partial charge in [0.1, 0.15) is 0 Å². The molecule has 6 rings (SSSR count). The fraction of sp³-hybridized carbons (Fsp3) is 0.432. The summed E-state index contributed by atoms with van der Waals surface area (Å²) in [7, 11) is 0. The third kappa shape index (κ3) is 4.53. The van der Waals surface area contributed by atoms with Gasteiger partial charge in [0.15, 0.2) is 0 Å². The third-order valence-corrected chi connectivity index (χ3v) is 10.4. The summed E-state index contributed by atoms with van der Waals surface area (Å²) in [6.45, 7) is 19.8. The first-order valence-electron chi connectivity index (χ1n) is 16.0. The Morgan fingerprint density at radius 1 is 0.864 bits per heavy atom. The van der Waals surface area contributed by atoms with Crippen LogP contribution in [0.5, 0.6) is 0 Å². The van der Waals surface area contributed by atoms with Gasteiger partial charge in [-0.05, 0) is 111 Å². The van der Waals surface area contributed by atoms with Gasteiger partial charge in [0, 0.05) is 39.2 Å². The van der Waals surface area contributed by atoms with Gasteiger partial charge in [-0.3, -0.25) is 4.98 Å². The van der Waals surface area contributed by atoms with E-state index in [0.717, 1.165) is 81.7 Å². The molecule has 2 aliphatic heterocycles. The normalized spacial score (nSPS) is 18.8. The number of H-pyrrole nitrogens is 2. The van der Waals surface area contributed by atoms with Crippen LogP contribution in [0.4, 0.5) is 0 Å². The van der Waals surface area contributed by atoms with E-state index in [0.29, 0.717) is 12.2 Å². The average molecular weight is 695 g/mol. The summed E-state index contributed by atoms with van der Waals surface area (Å²) >= 11 is 0. The van der Waals surface area contributed by atoms with E-state index in [1.165, 1.54) is 27.8 Å². The molecule has 2 atom stereocenters. The number of aromatic nitrogens is 4. The number of aryl methyl sites for hydroxylation is 4. The van der Waals surface area contributed by atoms with Crippen LogP contribution in [0, 0.1) is 13.8 Å². The number of carbonyl (C=O) groups is 1. The quantitative estimate of drug-likeness (QED) is 0.200. The van der Waals surface area contributed by atoms with Gasteiger partial charge in [0.05, 0.1) is 34.7 Å². The zero-order valence-electron chi connectivity index (χ0n) is 27.6. The van der Waals surface area contributed by atoms with Crippen molar-refractivity contribution in [3.05, 3.63) is 74.4 Å². The number of hydrogen-bond acceptors (Lipinski definition) is 4. The van der Waals surface area contributed by atoms with Crippen LogP contribution in [-0.4, -0.2) is 56.4 Å². The smallest absolute Gasteiger partial charge is 0.463 e. The Balaban J connectivity index is 0.00000384. The van der Waals surface area contributed by atoms with Crippen molar-refractivity contribution in [1.82, 2.24) is 19.9 Å². The van der Waals surface area contributed by atoms with Crippen molar-refractivity contribution in [2.45, 2.75) is 99.3 Å².